The molecule has 2 N–H and O–H groups in total. The summed E-state index contributed by atoms with van der Waals surface area (Å²) in [5.74, 6) is 0.0562. The van der Waals surface area contributed by atoms with Crippen LogP contribution in [0.15, 0.2) is 66.9 Å². The first-order valence-corrected chi connectivity index (χ1v) is 18.4. The van der Waals surface area contributed by atoms with Crippen LogP contribution < -0.4 is 10.1 Å². The van der Waals surface area contributed by atoms with E-state index >= 15 is 0 Å². The molecular weight excluding hydrogens is 642 g/mol. The number of aryl methyl sites for hydroxylation is 2. The van der Waals surface area contributed by atoms with Crippen molar-refractivity contribution in [3.8, 4) is 23.0 Å². The van der Waals surface area contributed by atoms with E-state index in [1.165, 1.54) is 0 Å². The van der Waals surface area contributed by atoms with Gasteiger partial charge >= 0.3 is 5.97 Å². The van der Waals surface area contributed by atoms with Crippen molar-refractivity contribution in [3.63, 3.8) is 0 Å². The van der Waals surface area contributed by atoms with Crippen LogP contribution in [0.1, 0.15) is 76.4 Å². The third-order valence-corrected chi connectivity index (χ3v) is 9.21. The largest absolute Gasteiger partial charge is 0.484 e. The highest BCUT2D eigenvalue weighted by Gasteiger charge is 2.16. The maximum atomic E-state index is 12.2. The van der Waals surface area contributed by atoms with Gasteiger partial charge in [0.25, 0.3) is 5.91 Å². The van der Waals surface area contributed by atoms with E-state index in [4.69, 9.17) is 24.9 Å². The molecule has 3 heterocycles. The number of benzene rings is 1. The minimum absolute atomic E-state index is 0.0715. The number of aromatic nitrogens is 4. The normalized spacial score (nSPS) is 12.0. The summed E-state index contributed by atoms with van der Waals surface area (Å²) in [6.07, 6.45) is 5.70. The van der Waals surface area contributed by atoms with Crippen molar-refractivity contribution >= 4 is 11.9 Å². The zero-order valence-electron chi connectivity index (χ0n) is 31.0. The molecule has 51 heavy (non-hydrogen) atoms. The molecule has 11 nitrogen and oxygen atoms in total. The first kappa shape index (κ1) is 39.2. The van der Waals surface area contributed by atoms with Crippen LogP contribution in [0.2, 0.25) is 0 Å². The summed E-state index contributed by atoms with van der Waals surface area (Å²) in [5.41, 5.74) is 5.97. The molecule has 1 aromatic carbocycles. The fourth-order valence-corrected chi connectivity index (χ4v) is 5.82. The molecule has 0 radical (unpaired) electrons. The van der Waals surface area contributed by atoms with Gasteiger partial charge in [0.05, 0.1) is 23.0 Å². The number of carboxylic acid groups (broad SMARTS) is 1. The van der Waals surface area contributed by atoms with Crippen molar-refractivity contribution < 1.29 is 19.4 Å². The minimum Gasteiger partial charge on any atom is -0.484 e. The van der Waals surface area contributed by atoms with Crippen molar-refractivity contribution in [2.45, 2.75) is 79.8 Å². The summed E-state index contributed by atoms with van der Waals surface area (Å²) in [5, 5.41) is 16.9. The molecule has 0 fully saturated rings. The molecule has 0 bridgehead atoms. The Labute approximate surface area is 303 Å². The lowest BCUT2D eigenvalue weighted by Gasteiger charge is -2.17. The molecule has 0 aliphatic heterocycles. The van der Waals surface area contributed by atoms with E-state index in [0.29, 0.717) is 18.7 Å². The second-order valence-electron chi connectivity index (χ2n) is 12.9. The van der Waals surface area contributed by atoms with Gasteiger partial charge in [0.2, 0.25) is 0 Å². The number of nitrogens with zero attached hydrogens (tertiary/aromatic N) is 6. The summed E-state index contributed by atoms with van der Waals surface area (Å²) in [7, 11) is 0. The molecule has 274 valence electrons. The van der Waals surface area contributed by atoms with Gasteiger partial charge in [0.15, 0.2) is 12.4 Å². The van der Waals surface area contributed by atoms with E-state index in [1.54, 1.807) is 6.92 Å². The SMILES string of the molecule is CCN(CC)Cc1cccc(-c2nn(-c3cccc(CN(CC)CC)n3)cc2CCc2ccc(OCC(=O)NCCCC[C@@H](C)C(=O)O)cc2)n1. The van der Waals surface area contributed by atoms with Crippen molar-refractivity contribution in [1.29, 1.82) is 0 Å². The van der Waals surface area contributed by atoms with Crippen LogP contribution >= 0.6 is 0 Å². The lowest BCUT2D eigenvalue weighted by Crippen LogP contribution is -2.29. The fourth-order valence-electron chi connectivity index (χ4n) is 5.82. The van der Waals surface area contributed by atoms with Crippen molar-refractivity contribution in [2.24, 2.45) is 5.92 Å². The van der Waals surface area contributed by atoms with Gasteiger partial charge in [-0.2, -0.15) is 5.10 Å². The monoisotopic (exact) mass is 697 g/mol. The molecule has 4 rings (SSSR count). The maximum absolute atomic E-state index is 12.2. The summed E-state index contributed by atoms with van der Waals surface area (Å²) < 4.78 is 7.60. The molecule has 0 saturated heterocycles. The van der Waals surface area contributed by atoms with E-state index in [-0.39, 0.29) is 18.4 Å². The predicted molar refractivity (Wildman–Crippen MR) is 201 cm³/mol. The number of rotatable bonds is 22. The molecule has 11 heteroatoms. The van der Waals surface area contributed by atoms with Gasteiger partial charge in [-0.15, -0.1) is 0 Å². The number of aliphatic carboxylic acids is 1. The van der Waals surface area contributed by atoms with Gasteiger partial charge < -0.3 is 15.2 Å². The Morgan fingerprint density at radius 3 is 2.14 bits per heavy atom. The third-order valence-electron chi connectivity index (χ3n) is 9.21. The highest BCUT2D eigenvalue weighted by Crippen LogP contribution is 2.25. The summed E-state index contributed by atoms with van der Waals surface area (Å²) in [6, 6.07) is 20.1. The smallest absolute Gasteiger partial charge is 0.306 e. The average Bonchev–Trinajstić information content (AvgIpc) is 3.59. The topological polar surface area (TPSA) is 126 Å². The van der Waals surface area contributed by atoms with E-state index in [2.05, 4.69) is 67.2 Å². The number of carboxylic acids is 1. The van der Waals surface area contributed by atoms with Gasteiger partial charge in [-0.3, -0.25) is 19.4 Å². The lowest BCUT2D eigenvalue weighted by molar-refractivity contribution is -0.141. The first-order chi connectivity index (χ1) is 24.7. The average molecular weight is 698 g/mol. The van der Waals surface area contributed by atoms with Crippen LogP contribution in [0.5, 0.6) is 5.75 Å². The molecule has 0 aliphatic rings. The minimum atomic E-state index is -0.788. The van der Waals surface area contributed by atoms with Gasteiger partial charge in [0, 0.05) is 31.4 Å². The van der Waals surface area contributed by atoms with Crippen molar-refractivity contribution in [1.82, 2.24) is 34.9 Å². The van der Waals surface area contributed by atoms with Crippen molar-refractivity contribution in [3.05, 3.63) is 89.4 Å². The van der Waals surface area contributed by atoms with Gasteiger partial charge in [0.1, 0.15) is 11.4 Å². The Kier molecular flexibility index (Phi) is 15.6. The number of hydrogen-bond acceptors (Lipinski definition) is 8. The number of nitrogens with one attached hydrogen (secondary N) is 1. The van der Waals surface area contributed by atoms with Crippen molar-refractivity contribution in [2.75, 3.05) is 39.3 Å². The second-order valence-corrected chi connectivity index (χ2v) is 12.9. The maximum Gasteiger partial charge on any atom is 0.306 e. The molecule has 0 spiro atoms. The molecule has 1 amide bonds. The van der Waals surface area contributed by atoms with Crippen LogP contribution in [0.3, 0.4) is 0 Å². The summed E-state index contributed by atoms with van der Waals surface area (Å²) >= 11 is 0. The first-order valence-electron chi connectivity index (χ1n) is 18.4. The zero-order valence-corrected chi connectivity index (χ0v) is 31.0. The fraction of sp³-hybridized carbons (Fsp3) is 0.475. The highest BCUT2D eigenvalue weighted by atomic mass is 16.5. The number of amides is 1. The Bertz CT molecular complexity index is 1670. The molecule has 0 saturated carbocycles. The number of pyridine rings is 2. The Balaban J connectivity index is 1.43. The molecule has 4 aromatic rings. The van der Waals surface area contributed by atoms with Gasteiger partial charge in [-0.05, 0) is 93.8 Å². The summed E-state index contributed by atoms with van der Waals surface area (Å²) in [4.78, 5) is 37.9. The second kappa shape index (κ2) is 20.3. The Morgan fingerprint density at radius 2 is 1.49 bits per heavy atom. The number of carbonyl (C=O) groups excluding carboxylic acids is 1. The highest BCUT2D eigenvalue weighted by molar-refractivity contribution is 5.77. The number of carbonyl (C=O) groups is 2. The van der Waals surface area contributed by atoms with E-state index in [1.807, 2.05) is 47.1 Å². The Hall–Kier alpha value is -4.61. The predicted octanol–water partition coefficient (Wildman–Crippen LogP) is 6.18. The molecule has 0 aliphatic carbocycles. The standard InChI is InChI=1S/C40H55N7O4/c1-6-45(7-2)27-33-15-12-17-36(42-33)39-32(26-47(44-39)37-18-13-16-34(43-37)28-46(8-3)9-4)22-19-31-20-23-35(24-21-31)51-29-38(48)41-25-11-10-14-30(5)40(49)50/h12-13,15-18,20-21,23-24,26,30H,6-11,14,19,22,25,27-29H2,1-5H3,(H,41,48)(H,49,50)/t30-/m1/s1. The lowest BCUT2D eigenvalue weighted by atomic mass is 10.0. The molecule has 0 unspecified atom stereocenters. The van der Waals surface area contributed by atoms with Crippen LogP contribution in [0, 0.1) is 5.92 Å². The van der Waals surface area contributed by atoms with Gasteiger partial charge in [-0.1, -0.05) is 65.3 Å². The Morgan fingerprint density at radius 1 is 0.843 bits per heavy atom. The number of ether oxygens (including phenoxy) is 1. The third kappa shape index (κ3) is 12.3. The number of hydrogen-bond donors (Lipinski definition) is 2. The van der Waals surface area contributed by atoms with Crippen LogP contribution in [0.4, 0.5) is 0 Å². The molecule has 3 aromatic heterocycles. The summed E-state index contributed by atoms with van der Waals surface area (Å²) in [6.45, 7) is 16.2. The molecule has 1 atom stereocenters. The van der Waals surface area contributed by atoms with Gasteiger partial charge in [-0.25, -0.2) is 14.6 Å². The quantitative estimate of drug-likeness (QED) is 0.0926. The van der Waals surface area contributed by atoms with Crippen LogP contribution in [0.25, 0.3) is 17.2 Å². The number of unbranched alkanes of at least 4 members (excludes halogenated alkanes) is 1. The zero-order chi connectivity index (χ0) is 36.6. The molecular formula is C40H55N7O4. The van der Waals surface area contributed by atoms with E-state index < -0.39 is 5.97 Å². The van der Waals surface area contributed by atoms with Crippen LogP contribution in [-0.4, -0.2) is 85.9 Å². The van der Waals surface area contributed by atoms with E-state index in [0.717, 1.165) is 105 Å². The van der Waals surface area contributed by atoms with Crippen LogP contribution in [-0.2, 0) is 35.5 Å². The van der Waals surface area contributed by atoms with E-state index in [9.17, 15) is 9.59 Å².